The van der Waals surface area contributed by atoms with Crippen LogP contribution in [0.3, 0.4) is 0 Å². The van der Waals surface area contributed by atoms with Gasteiger partial charge in [-0.05, 0) is 137 Å². The molecule has 8 bridgehead atoms. The lowest BCUT2D eigenvalue weighted by atomic mass is 9.79. The Balaban J connectivity index is 0.886. The molecule has 14 nitrogen and oxygen atoms in total. The number of hydrogen-bond acceptors (Lipinski definition) is 12. The molecular formula is C78H80N8O6S2. The summed E-state index contributed by atoms with van der Waals surface area (Å²) in [6.07, 6.45) is 4.75. The maximum Gasteiger partial charge on any atom is 0.253 e. The summed E-state index contributed by atoms with van der Waals surface area (Å²) in [7, 11) is 0. The van der Waals surface area contributed by atoms with Gasteiger partial charge in [0, 0.05) is 45.3 Å². The number of carbonyl (C=O) groups excluding carboxylic acids is 2. The lowest BCUT2D eigenvalue weighted by Crippen LogP contribution is -2.31. The Hall–Kier alpha value is -9.12. The molecule has 13 rings (SSSR count). The second-order valence-corrected chi connectivity index (χ2v) is 31.3. The molecule has 4 heterocycles. The maximum atomic E-state index is 14.4. The highest BCUT2D eigenvalue weighted by Gasteiger charge is 2.33. The Kier molecular flexibility index (Phi) is 16.7. The van der Waals surface area contributed by atoms with Crippen molar-refractivity contribution in [3.05, 3.63) is 236 Å². The van der Waals surface area contributed by atoms with Gasteiger partial charge in [0.2, 0.25) is 0 Å². The molecule has 0 saturated heterocycles. The Morgan fingerprint density at radius 3 is 0.926 bits per heavy atom. The number of phenols is 2. The third-order valence-electron chi connectivity index (χ3n) is 17.9. The molecule has 0 saturated carbocycles. The van der Waals surface area contributed by atoms with Gasteiger partial charge < -0.3 is 19.7 Å². The van der Waals surface area contributed by atoms with Gasteiger partial charge in [-0.25, -0.2) is 9.36 Å². The van der Waals surface area contributed by atoms with Gasteiger partial charge in [-0.15, -0.1) is 10.2 Å². The maximum absolute atomic E-state index is 14.4. The first-order valence-electron chi connectivity index (χ1n) is 32.1. The summed E-state index contributed by atoms with van der Waals surface area (Å²) in [4.78, 5) is 36.4. The van der Waals surface area contributed by atoms with E-state index in [4.69, 9.17) is 9.47 Å². The van der Waals surface area contributed by atoms with Crippen LogP contribution in [-0.4, -0.2) is 52.0 Å². The molecule has 0 atom stereocenters. The van der Waals surface area contributed by atoms with E-state index in [2.05, 4.69) is 152 Å². The molecule has 2 N–H and O–H groups in total. The Morgan fingerprint density at radius 1 is 0.404 bits per heavy atom. The number of hydrogen-bond donors (Lipinski definition) is 2. The van der Waals surface area contributed by atoms with Crippen molar-refractivity contribution in [1.82, 2.24) is 30.0 Å². The third-order valence-corrected chi connectivity index (χ3v) is 20.1. The molecule has 0 radical (unpaired) electrons. The van der Waals surface area contributed by atoms with E-state index >= 15 is 0 Å². The molecule has 8 aromatic carbocycles. The highest BCUT2D eigenvalue weighted by atomic mass is 32.2. The lowest BCUT2D eigenvalue weighted by Gasteiger charge is -2.30. The standard InChI is InChI=1S/C78H80N8O6S2/c1-75(2,3)55-33-47-29-51-37-57(77(7,8)9)39-53(73(51)91-45-59-41-83(81-79-59)43-69(87)85-61-21-13-17-25-65(61)93-66-26-18-14-22-62(66)85)31-49-35-56(76(4,5)6)36-50(72(49)90)32-54-40-58(78(10,11)12)38-52(30-48(34-55)71(47)89)74(54)92-46-60-42-84(82-80-60)44-70(88)86-63-23-15-19-27-67(63)94-68-28-20-16-24-64(68)86/h13-28,33-42,89-90H,29-32,43-46H2,1-12H3. The molecule has 3 aliphatic rings. The molecule has 0 fully saturated rings. The van der Waals surface area contributed by atoms with Crippen LogP contribution in [0.2, 0.25) is 0 Å². The van der Waals surface area contributed by atoms with E-state index < -0.39 is 0 Å². The molecule has 2 aromatic heterocycles. The molecule has 0 spiro atoms. The predicted molar refractivity (Wildman–Crippen MR) is 372 cm³/mol. The van der Waals surface area contributed by atoms with Crippen LogP contribution in [0.5, 0.6) is 23.0 Å². The average molecular weight is 1290 g/mol. The topological polar surface area (TPSA) is 161 Å². The van der Waals surface area contributed by atoms with E-state index in [1.807, 2.05) is 97.1 Å². The number of aromatic nitrogens is 6. The largest absolute Gasteiger partial charge is 0.507 e. The van der Waals surface area contributed by atoms with Gasteiger partial charge in [-0.1, -0.05) is 214 Å². The molecule has 2 amide bonds. The van der Waals surface area contributed by atoms with Gasteiger partial charge in [-0.3, -0.25) is 19.4 Å². The zero-order valence-electron chi connectivity index (χ0n) is 55.6. The van der Waals surface area contributed by atoms with Crippen molar-refractivity contribution >= 4 is 58.1 Å². The van der Waals surface area contributed by atoms with Crippen molar-refractivity contribution in [2.24, 2.45) is 0 Å². The minimum Gasteiger partial charge on any atom is -0.507 e. The number of amides is 2. The number of phenolic OH excluding ortho intramolecular Hbond substituents is 2. The van der Waals surface area contributed by atoms with Gasteiger partial charge in [0.05, 0.1) is 35.1 Å². The van der Waals surface area contributed by atoms with E-state index in [1.165, 1.54) is 0 Å². The van der Waals surface area contributed by atoms with Crippen molar-refractivity contribution in [1.29, 1.82) is 0 Å². The van der Waals surface area contributed by atoms with Crippen LogP contribution in [0, 0.1) is 0 Å². The summed E-state index contributed by atoms with van der Waals surface area (Å²) in [6.45, 7) is 26.3. The normalized spacial score (nSPS) is 13.8. The molecule has 0 unspecified atom stereocenters. The fourth-order valence-electron chi connectivity index (χ4n) is 12.6. The summed E-state index contributed by atoms with van der Waals surface area (Å²) in [5.74, 6) is 1.28. The van der Waals surface area contributed by atoms with Crippen molar-refractivity contribution in [3.8, 4) is 23.0 Å². The van der Waals surface area contributed by atoms with Crippen LogP contribution in [0.1, 0.15) is 161 Å². The van der Waals surface area contributed by atoms with Gasteiger partial charge in [0.25, 0.3) is 11.8 Å². The highest BCUT2D eigenvalue weighted by Crippen LogP contribution is 2.51. The number of anilines is 4. The molecule has 480 valence electrons. The molecule has 2 aliphatic heterocycles. The molecule has 94 heavy (non-hydrogen) atoms. The number of para-hydroxylation sites is 4. The fourth-order valence-corrected chi connectivity index (χ4v) is 14.8. The number of aromatic hydroxyl groups is 2. The summed E-state index contributed by atoms with van der Waals surface area (Å²) in [5, 5.41) is 44.2. The first-order chi connectivity index (χ1) is 44.7. The van der Waals surface area contributed by atoms with Gasteiger partial charge in [0.1, 0.15) is 60.7 Å². The second kappa shape index (κ2) is 24.7. The van der Waals surface area contributed by atoms with Crippen LogP contribution in [0.4, 0.5) is 22.7 Å². The second-order valence-electron chi connectivity index (χ2n) is 29.2. The van der Waals surface area contributed by atoms with E-state index in [1.54, 1.807) is 55.1 Å². The minimum absolute atomic E-state index is 0.0253. The number of benzene rings is 8. The van der Waals surface area contributed by atoms with Crippen molar-refractivity contribution in [2.45, 2.75) is 176 Å². The van der Waals surface area contributed by atoms with Crippen LogP contribution in [0.15, 0.2) is 178 Å². The summed E-state index contributed by atoms with van der Waals surface area (Å²) in [6, 6.07) is 49.1. The number of fused-ring (bicyclic) bond motifs is 12. The van der Waals surface area contributed by atoms with Gasteiger partial charge in [0.15, 0.2) is 0 Å². The number of ether oxygens (including phenoxy) is 2. The van der Waals surface area contributed by atoms with Crippen molar-refractivity contribution in [2.75, 3.05) is 9.80 Å². The highest BCUT2D eigenvalue weighted by molar-refractivity contribution is 8.00. The van der Waals surface area contributed by atoms with Crippen LogP contribution in [-0.2, 0) is 83.2 Å². The number of nitrogens with zero attached hydrogens (tertiary/aromatic N) is 8. The van der Waals surface area contributed by atoms with Crippen molar-refractivity contribution < 1.29 is 29.3 Å². The first-order valence-corrected chi connectivity index (χ1v) is 33.8. The predicted octanol–water partition coefficient (Wildman–Crippen LogP) is 17.0. The average Bonchev–Trinajstić information content (AvgIpc) is 1.11. The molecule has 10 aromatic rings. The van der Waals surface area contributed by atoms with Gasteiger partial charge in [-0.2, -0.15) is 0 Å². The summed E-state index contributed by atoms with van der Waals surface area (Å²) >= 11 is 3.29. The quantitative estimate of drug-likeness (QED) is 0.134. The smallest absolute Gasteiger partial charge is 0.253 e. The van der Waals surface area contributed by atoms with Gasteiger partial charge >= 0.3 is 0 Å². The van der Waals surface area contributed by atoms with E-state index in [0.29, 0.717) is 48.6 Å². The number of rotatable bonds is 10. The number of carbonyl (C=O) groups is 2. The monoisotopic (exact) mass is 1290 g/mol. The SMILES string of the molecule is CC(C)(C)c1cc2c(O)c(c1)Cc1cc(C(C)(C)C)cc(c1OCc1cn(CC(=O)N3c4ccccc4Sc4ccccc43)nn1)Cc1cc(C(C)(C)C)cc(c1O)Cc1cc(C(C)(C)C)cc(c1OCc1cn(CC(=O)N3c4ccccc4Sc4ccccc43)nn1)C2. The summed E-state index contributed by atoms with van der Waals surface area (Å²) in [5.41, 5.74) is 13.7. The molecule has 16 heteroatoms. The van der Waals surface area contributed by atoms with E-state index in [0.717, 1.165) is 109 Å². The fraction of sp³-hybridized carbons (Fsp3) is 0.308. The zero-order chi connectivity index (χ0) is 66.2. The van der Waals surface area contributed by atoms with Crippen LogP contribution >= 0.6 is 23.5 Å². The van der Waals surface area contributed by atoms with E-state index in [9.17, 15) is 19.8 Å². The first kappa shape index (κ1) is 63.6. The van der Waals surface area contributed by atoms with E-state index in [-0.39, 0.29) is 71.3 Å². The van der Waals surface area contributed by atoms with Crippen LogP contribution < -0.4 is 19.3 Å². The third kappa shape index (κ3) is 13.0. The molecule has 1 aliphatic carbocycles. The summed E-state index contributed by atoms with van der Waals surface area (Å²) < 4.78 is 17.4. The Bertz CT molecular complexity index is 4140. The lowest BCUT2D eigenvalue weighted by molar-refractivity contribution is -0.119. The Morgan fingerprint density at radius 2 is 0.660 bits per heavy atom. The zero-order valence-corrected chi connectivity index (χ0v) is 57.2. The van der Waals surface area contributed by atoms with Crippen molar-refractivity contribution in [3.63, 3.8) is 0 Å². The minimum atomic E-state index is -0.321. The Labute approximate surface area is 559 Å². The van der Waals surface area contributed by atoms with Crippen LogP contribution in [0.25, 0.3) is 0 Å². The molecular weight excluding hydrogens is 1210 g/mol.